The highest BCUT2D eigenvalue weighted by molar-refractivity contribution is 7.18. The van der Waals surface area contributed by atoms with Crippen LogP contribution < -0.4 is 15.4 Å². The van der Waals surface area contributed by atoms with Crippen molar-refractivity contribution in [3.63, 3.8) is 0 Å². The number of para-hydroxylation sites is 1. The maximum absolute atomic E-state index is 12.1. The van der Waals surface area contributed by atoms with E-state index in [-0.39, 0.29) is 5.63 Å². The monoisotopic (exact) mass is 421 g/mol. The van der Waals surface area contributed by atoms with E-state index < -0.39 is 0 Å². The Labute approximate surface area is 179 Å². The van der Waals surface area contributed by atoms with Gasteiger partial charge in [-0.1, -0.05) is 12.1 Å². The fourth-order valence-electron chi connectivity index (χ4n) is 4.42. The second-order valence-corrected chi connectivity index (χ2v) is 9.57. The van der Waals surface area contributed by atoms with E-state index in [0.29, 0.717) is 5.58 Å². The lowest BCUT2D eigenvalue weighted by Gasteiger charge is -2.29. The number of rotatable bonds is 4. The van der Waals surface area contributed by atoms with Gasteiger partial charge in [-0.2, -0.15) is 0 Å². The van der Waals surface area contributed by atoms with Crippen molar-refractivity contribution in [1.82, 2.24) is 4.98 Å². The number of piperazine rings is 1. The molecule has 0 amide bonds. The van der Waals surface area contributed by atoms with Gasteiger partial charge in [0, 0.05) is 17.0 Å². The van der Waals surface area contributed by atoms with E-state index in [2.05, 4.69) is 44.2 Å². The Kier molecular flexibility index (Phi) is 5.15. The lowest BCUT2D eigenvalue weighted by molar-refractivity contribution is -1.02. The lowest BCUT2D eigenvalue weighted by atomic mass is 10.0. The van der Waals surface area contributed by atoms with Crippen LogP contribution >= 0.6 is 11.3 Å². The van der Waals surface area contributed by atoms with Gasteiger partial charge >= 0.3 is 5.63 Å². The zero-order valence-electron chi connectivity index (χ0n) is 17.5. The Morgan fingerprint density at radius 3 is 2.43 bits per heavy atom. The van der Waals surface area contributed by atoms with E-state index in [4.69, 9.17) is 9.40 Å². The van der Waals surface area contributed by atoms with Gasteiger partial charge in [0.2, 0.25) is 0 Å². The minimum Gasteiger partial charge on any atom is -0.423 e. The van der Waals surface area contributed by atoms with Crippen molar-refractivity contribution in [3.05, 3.63) is 74.6 Å². The van der Waals surface area contributed by atoms with Gasteiger partial charge in [-0.05, 0) is 49.2 Å². The molecule has 0 atom stereocenters. The fourth-order valence-corrected chi connectivity index (χ4v) is 5.46. The maximum Gasteiger partial charge on any atom is 0.336 e. The van der Waals surface area contributed by atoms with E-state index in [0.717, 1.165) is 61.3 Å². The van der Waals surface area contributed by atoms with Crippen molar-refractivity contribution in [2.24, 2.45) is 0 Å². The first-order valence-corrected chi connectivity index (χ1v) is 11.4. The summed E-state index contributed by atoms with van der Waals surface area (Å²) in [4.78, 5) is 20.0. The van der Waals surface area contributed by atoms with Gasteiger partial charge < -0.3 is 14.2 Å². The van der Waals surface area contributed by atoms with Crippen LogP contribution in [0.5, 0.6) is 0 Å². The van der Waals surface area contributed by atoms with Crippen molar-refractivity contribution in [2.75, 3.05) is 26.2 Å². The molecule has 5 rings (SSSR count). The predicted molar refractivity (Wildman–Crippen MR) is 120 cm³/mol. The van der Waals surface area contributed by atoms with Crippen molar-refractivity contribution in [2.45, 2.75) is 26.9 Å². The van der Waals surface area contributed by atoms with Gasteiger partial charge in [0.25, 0.3) is 0 Å². The Balaban J connectivity index is 1.27. The molecular formula is C24H27N3O2S+2. The molecule has 0 bridgehead atoms. The zero-order chi connectivity index (χ0) is 20.7. The first kappa shape index (κ1) is 19.4. The number of aryl methyl sites for hydroxylation is 2. The average molecular weight is 422 g/mol. The molecule has 1 fully saturated rings. The first-order valence-electron chi connectivity index (χ1n) is 10.6. The molecule has 0 aliphatic carbocycles. The van der Waals surface area contributed by atoms with Crippen molar-refractivity contribution >= 4 is 32.5 Å². The molecule has 0 saturated carbocycles. The molecule has 0 spiro atoms. The molecule has 1 saturated heterocycles. The molecule has 30 heavy (non-hydrogen) atoms. The molecular weight excluding hydrogens is 394 g/mol. The number of nitrogens with one attached hydrogen (secondary N) is 2. The van der Waals surface area contributed by atoms with Gasteiger partial charge in [0.1, 0.15) is 49.9 Å². The molecule has 0 radical (unpaired) electrons. The minimum atomic E-state index is -0.250. The van der Waals surface area contributed by atoms with Crippen LogP contribution in [0.2, 0.25) is 0 Å². The van der Waals surface area contributed by atoms with Crippen LogP contribution in [0.15, 0.2) is 51.7 Å². The van der Waals surface area contributed by atoms with Gasteiger partial charge in [-0.25, -0.2) is 9.78 Å². The lowest BCUT2D eigenvalue weighted by Crippen LogP contribution is -3.27. The highest BCUT2D eigenvalue weighted by Gasteiger charge is 2.25. The molecule has 5 nitrogen and oxygen atoms in total. The normalized spacial score (nSPS) is 19.5. The molecule has 3 heterocycles. The summed E-state index contributed by atoms with van der Waals surface area (Å²) in [5, 5.41) is 2.31. The molecule has 2 aromatic heterocycles. The standard InChI is InChI=1S/C24H25N3O2S/c1-16-11-19-18(13-24(28)29-21(19)12-17(16)2)14-26-7-9-27(10-8-26)15-23-25-20-5-3-4-6-22(20)30-23/h3-6,11-13H,7-10,14-15H2,1-2H3/p+2. The molecule has 1 aliphatic heterocycles. The van der Waals surface area contributed by atoms with Crippen LogP contribution in [0.4, 0.5) is 0 Å². The number of nitrogens with zero attached hydrogens (tertiary/aromatic N) is 1. The van der Waals surface area contributed by atoms with E-state index in [9.17, 15) is 4.79 Å². The predicted octanol–water partition coefficient (Wildman–Crippen LogP) is 1.50. The number of thiazole rings is 1. The number of fused-ring (bicyclic) bond motifs is 2. The Morgan fingerprint density at radius 2 is 1.67 bits per heavy atom. The number of aromatic nitrogens is 1. The Morgan fingerprint density at radius 1 is 0.967 bits per heavy atom. The van der Waals surface area contributed by atoms with Crippen LogP contribution in [0.3, 0.4) is 0 Å². The highest BCUT2D eigenvalue weighted by Crippen LogP contribution is 2.22. The van der Waals surface area contributed by atoms with E-state index in [1.54, 1.807) is 11.0 Å². The largest absolute Gasteiger partial charge is 0.423 e. The SMILES string of the molecule is Cc1cc2oc(=O)cc(C[NH+]3CC[NH+](Cc4nc5ccccc5s4)CC3)c2cc1C. The molecule has 2 N–H and O–H groups in total. The number of quaternary nitrogens is 2. The third-order valence-electron chi connectivity index (χ3n) is 6.29. The van der Waals surface area contributed by atoms with Crippen molar-refractivity contribution in [1.29, 1.82) is 0 Å². The van der Waals surface area contributed by atoms with E-state index >= 15 is 0 Å². The zero-order valence-corrected chi connectivity index (χ0v) is 18.3. The summed E-state index contributed by atoms with van der Waals surface area (Å²) in [6.07, 6.45) is 0. The summed E-state index contributed by atoms with van der Waals surface area (Å²) < 4.78 is 6.74. The molecule has 0 unspecified atom stereocenters. The third-order valence-corrected chi connectivity index (χ3v) is 7.32. The van der Waals surface area contributed by atoms with Crippen molar-refractivity contribution in [3.8, 4) is 0 Å². The maximum atomic E-state index is 12.1. The third kappa shape index (κ3) is 3.90. The van der Waals surface area contributed by atoms with Gasteiger partial charge in [-0.15, -0.1) is 11.3 Å². The summed E-state index contributed by atoms with van der Waals surface area (Å²) in [6, 6.07) is 14.2. The highest BCUT2D eigenvalue weighted by atomic mass is 32.1. The molecule has 6 heteroatoms. The molecule has 154 valence electrons. The molecule has 2 aromatic carbocycles. The number of hydrogen-bond acceptors (Lipinski definition) is 4. The molecule has 1 aliphatic rings. The fraction of sp³-hybridized carbons (Fsp3) is 0.333. The quantitative estimate of drug-likeness (QED) is 0.491. The van der Waals surface area contributed by atoms with Crippen LogP contribution in [0, 0.1) is 13.8 Å². The van der Waals surface area contributed by atoms with Gasteiger partial charge in [0.05, 0.1) is 10.2 Å². The van der Waals surface area contributed by atoms with E-state index in [1.807, 2.05) is 17.4 Å². The summed E-state index contributed by atoms with van der Waals surface area (Å²) in [7, 11) is 0. The van der Waals surface area contributed by atoms with Gasteiger partial charge in [0.15, 0.2) is 0 Å². The smallest absolute Gasteiger partial charge is 0.336 e. The second-order valence-electron chi connectivity index (χ2n) is 8.45. The topological polar surface area (TPSA) is 52.0 Å². The van der Waals surface area contributed by atoms with Crippen LogP contribution in [0.25, 0.3) is 21.2 Å². The Bertz CT molecular complexity index is 1240. The van der Waals surface area contributed by atoms with E-state index in [1.165, 1.54) is 20.2 Å². The van der Waals surface area contributed by atoms with Gasteiger partial charge in [-0.3, -0.25) is 0 Å². The van der Waals surface area contributed by atoms with Crippen LogP contribution in [-0.4, -0.2) is 31.2 Å². The van der Waals surface area contributed by atoms with Crippen LogP contribution in [-0.2, 0) is 13.1 Å². The Hall–Kier alpha value is -2.54. The summed E-state index contributed by atoms with van der Waals surface area (Å²) >= 11 is 1.82. The van der Waals surface area contributed by atoms with Crippen molar-refractivity contribution < 1.29 is 14.2 Å². The first-order chi connectivity index (χ1) is 14.5. The second kappa shape index (κ2) is 7.95. The molecule has 4 aromatic rings. The van der Waals surface area contributed by atoms with Crippen LogP contribution in [0.1, 0.15) is 21.7 Å². The summed E-state index contributed by atoms with van der Waals surface area (Å²) in [6.45, 7) is 10.5. The average Bonchev–Trinajstić information content (AvgIpc) is 3.13. The summed E-state index contributed by atoms with van der Waals surface area (Å²) in [5.74, 6) is 0. The summed E-state index contributed by atoms with van der Waals surface area (Å²) in [5.41, 5.74) is 5.07. The number of hydrogen-bond donors (Lipinski definition) is 2. The minimum absolute atomic E-state index is 0.250. The number of benzene rings is 2.